The topological polar surface area (TPSA) is 101 Å². The van der Waals surface area contributed by atoms with Crippen LogP contribution in [0.1, 0.15) is 25.7 Å². The van der Waals surface area contributed by atoms with Crippen molar-refractivity contribution in [2.24, 2.45) is 5.84 Å². The molecular weight excluding hydrogens is 483 g/mol. The van der Waals surface area contributed by atoms with Gasteiger partial charge < -0.3 is 4.90 Å². The molecular formula is C15H16F7N3O4S2. The first-order valence-electron chi connectivity index (χ1n) is 8.53. The number of rotatable bonds is 4. The van der Waals surface area contributed by atoms with Gasteiger partial charge in [0, 0.05) is 13.1 Å². The van der Waals surface area contributed by atoms with E-state index in [4.69, 9.17) is 0 Å². The fraction of sp³-hybridized carbons (Fsp3) is 0.467. The van der Waals surface area contributed by atoms with E-state index in [2.05, 4.69) is 5.84 Å². The average Bonchev–Trinajstić information content (AvgIpc) is 2.79. The van der Waals surface area contributed by atoms with Gasteiger partial charge in [0.15, 0.2) is 28.2 Å². The lowest BCUT2D eigenvalue weighted by molar-refractivity contribution is -0.0469. The smallest absolute Gasteiger partial charge is 0.366 e. The van der Waals surface area contributed by atoms with E-state index < -0.39 is 63.2 Å². The van der Waals surface area contributed by atoms with Crippen molar-refractivity contribution in [3.63, 3.8) is 0 Å². The fourth-order valence-corrected chi connectivity index (χ4v) is 5.32. The van der Waals surface area contributed by atoms with Gasteiger partial charge in [-0.3, -0.25) is 0 Å². The lowest BCUT2D eigenvalue weighted by Gasteiger charge is -2.26. The van der Waals surface area contributed by atoms with Gasteiger partial charge in [0.25, 0.3) is 10.0 Å². The Hall–Kier alpha value is -1.91. The monoisotopic (exact) mass is 499 g/mol. The Balaban J connectivity index is 2.66. The first-order valence-corrected chi connectivity index (χ1v) is 11.4. The molecule has 1 aromatic rings. The summed E-state index contributed by atoms with van der Waals surface area (Å²) in [4.78, 5) is -1.69. The van der Waals surface area contributed by atoms with E-state index in [-0.39, 0.29) is 19.5 Å². The third kappa shape index (κ3) is 4.65. The zero-order valence-corrected chi connectivity index (χ0v) is 17.1. The first kappa shape index (κ1) is 25.4. The Morgan fingerprint density at radius 2 is 1.35 bits per heavy atom. The lowest BCUT2D eigenvalue weighted by Crippen LogP contribution is -2.49. The van der Waals surface area contributed by atoms with E-state index in [0.29, 0.717) is 19.3 Å². The summed E-state index contributed by atoms with van der Waals surface area (Å²) in [6.07, 6.45) is 5.26. The summed E-state index contributed by atoms with van der Waals surface area (Å²) in [5, 5.41) is 0. The first-order chi connectivity index (χ1) is 14.2. The average molecular weight is 499 g/mol. The second-order valence-electron chi connectivity index (χ2n) is 6.36. The third-order valence-electron chi connectivity index (χ3n) is 4.32. The molecule has 31 heavy (non-hydrogen) atoms. The Labute approximate surface area is 173 Å². The maximum atomic E-state index is 14.6. The molecule has 0 spiro atoms. The molecule has 0 atom stereocenters. The molecule has 0 unspecified atom stereocenters. The van der Waals surface area contributed by atoms with Crippen LogP contribution in [0.3, 0.4) is 0 Å². The maximum Gasteiger partial charge on any atom is 0.513 e. The number of nitrogens with two attached hydrogens (primary N) is 1. The van der Waals surface area contributed by atoms with Gasteiger partial charge in [-0.15, -0.1) is 0 Å². The van der Waals surface area contributed by atoms with E-state index >= 15 is 0 Å². The maximum absolute atomic E-state index is 14.6. The van der Waals surface area contributed by atoms with Gasteiger partial charge in [-0.1, -0.05) is 12.2 Å². The fourth-order valence-electron chi connectivity index (χ4n) is 2.79. The molecule has 0 bridgehead atoms. The number of allylic oxidation sites excluding steroid dienone is 1. The molecule has 1 aromatic carbocycles. The highest BCUT2D eigenvalue weighted by atomic mass is 32.3. The summed E-state index contributed by atoms with van der Waals surface area (Å²) in [7, 11) is -13.3. The molecule has 0 saturated heterocycles. The molecule has 7 nitrogen and oxygen atoms in total. The Kier molecular flexibility index (Phi) is 7.29. The van der Waals surface area contributed by atoms with Crippen molar-refractivity contribution in [3.8, 4) is 0 Å². The number of benzene rings is 1. The summed E-state index contributed by atoms with van der Waals surface area (Å²) in [6.45, 7) is -0.174. The van der Waals surface area contributed by atoms with Crippen molar-refractivity contribution >= 4 is 25.7 Å². The molecule has 2 rings (SSSR count). The highest BCUT2D eigenvalue weighted by Crippen LogP contribution is 2.36. The summed E-state index contributed by atoms with van der Waals surface area (Å²) in [5.74, 6) is -5.21. The molecule has 1 heterocycles. The predicted molar refractivity (Wildman–Crippen MR) is 94.3 cm³/mol. The van der Waals surface area contributed by atoms with Crippen LogP contribution in [-0.4, -0.2) is 39.3 Å². The number of anilines is 1. The zero-order valence-electron chi connectivity index (χ0n) is 15.5. The Morgan fingerprint density at radius 1 is 0.839 bits per heavy atom. The van der Waals surface area contributed by atoms with Crippen molar-refractivity contribution < 1.29 is 47.6 Å². The van der Waals surface area contributed by atoms with Crippen LogP contribution in [-0.2, 0) is 20.0 Å². The SMILES string of the molecule is NN(S(=O)(=O)c1c(F)c(F)c(N2CC/C=C\CCCC2)c(F)c1F)S(=O)(=O)C(F)(F)F. The predicted octanol–water partition coefficient (Wildman–Crippen LogP) is 2.89. The molecule has 0 radical (unpaired) electrons. The number of sulfonamides is 2. The number of nitrogens with zero attached hydrogens (tertiary/aromatic N) is 2. The van der Waals surface area contributed by atoms with Crippen LogP contribution < -0.4 is 10.7 Å². The molecule has 0 aliphatic carbocycles. The van der Waals surface area contributed by atoms with Gasteiger partial charge in [-0.25, -0.2) is 40.2 Å². The molecule has 0 aromatic heterocycles. The highest BCUT2D eigenvalue weighted by Gasteiger charge is 2.55. The minimum atomic E-state index is -6.86. The minimum Gasteiger partial charge on any atom is -0.366 e. The van der Waals surface area contributed by atoms with E-state index in [1.54, 1.807) is 12.2 Å². The van der Waals surface area contributed by atoms with Crippen molar-refractivity contribution in [1.29, 1.82) is 0 Å². The van der Waals surface area contributed by atoms with Gasteiger partial charge in [0.2, 0.25) is 0 Å². The van der Waals surface area contributed by atoms with Crippen LogP contribution in [0.4, 0.5) is 36.4 Å². The molecule has 176 valence electrons. The number of hydrazine groups is 1. The largest absolute Gasteiger partial charge is 0.513 e. The standard InChI is InChI=1S/C15H16F7N3O4S2/c16-9-11(18)14(30(26,27)25(23)31(28,29)15(20,21)22)12(19)10(17)13(9)24-7-5-3-1-2-4-6-8-24/h1,3H,2,4-8,23H2/b3-1-. The van der Waals surface area contributed by atoms with E-state index in [0.717, 1.165) is 4.90 Å². The Bertz CT molecular complexity index is 1060. The van der Waals surface area contributed by atoms with E-state index in [1.807, 2.05) is 0 Å². The van der Waals surface area contributed by atoms with Gasteiger partial charge in [0.05, 0.1) is 0 Å². The number of hydrogen-bond donors (Lipinski definition) is 1. The van der Waals surface area contributed by atoms with Crippen LogP contribution in [0.15, 0.2) is 17.0 Å². The zero-order chi connectivity index (χ0) is 23.8. The number of hydrogen-bond acceptors (Lipinski definition) is 6. The molecule has 1 aliphatic rings. The molecule has 1 aliphatic heterocycles. The molecule has 16 heteroatoms. The highest BCUT2D eigenvalue weighted by molar-refractivity contribution is 8.04. The molecule has 0 saturated carbocycles. The van der Waals surface area contributed by atoms with Gasteiger partial charge in [-0.05, 0) is 29.5 Å². The van der Waals surface area contributed by atoms with Gasteiger partial charge in [-0.2, -0.15) is 13.2 Å². The van der Waals surface area contributed by atoms with Crippen LogP contribution in [0.5, 0.6) is 0 Å². The Morgan fingerprint density at radius 3 is 1.87 bits per heavy atom. The second kappa shape index (κ2) is 8.91. The lowest BCUT2D eigenvalue weighted by atomic mass is 10.2. The number of alkyl halides is 3. The van der Waals surface area contributed by atoms with Crippen molar-refractivity contribution in [2.75, 3.05) is 18.0 Å². The van der Waals surface area contributed by atoms with Crippen molar-refractivity contribution in [2.45, 2.75) is 36.1 Å². The van der Waals surface area contributed by atoms with Crippen LogP contribution >= 0.6 is 0 Å². The van der Waals surface area contributed by atoms with Crippen LogP contribution in [0.25, 0.3) is 0 Å². The summed E-state index contributed by atoms with van der Waals surface area (Å²) in [6, 6.07) is 0. The third-order valence-corrected chi connectivity index (χ3v) is 7.91. The van der Waals surface area contributed by atoms with Crippen LogP contribution in [0.2, 0.25) is 0 Å². The molecule has 2 N–H and O–H groups in total. The van der Waals surface area contributed by atoms with Crippen LogP contribution in [0, 0.1) is 23.3 Å². The quantitative estimate of drug-likeness (QED) is 0.225. The van der Waals surface area contributed by atoms with Crippen molar-refractivity contribution in [1.82, 2.24) is 3.82 Å². The van der Waals surface area contributed by atoms with E-state index in [1.165, 1.54) is 0 Å². The van der Waals surface area contributed by atoms with Gasteiger partial charge >= 0.3 is 15.5 Å². The van der Waals surface area contributed by atoms with Gasteiger partial charge in [0.1, 0.15) is 5.69 Å². The summed E-state index contributed by atoms with van der Waals surface area (Å²) < 4.78 is 141. The molecule has 0 amide bonds. The van der Waals surface area contributed by atoms with Crippen molar-refractivity contribution in [3.05, 3.63) is 35.4 Å². The summed E-state index contributed by atoms with van der Waals surface area (Å²) >= 11 is 0. The minimum absolute atomic E-state index is 0.0635. The van der Waals surface area contributed by atoms with E-state index in [9.17, 15) is 47.6 Å². The number of halogens is 7. The summed E-state index contributed by atoms with van der Waals surface area (Å²) in [5.41, 5.74) is -7.55. The molecule has 0 fully saturated rings. The normalized spacial score (nSPS) is 17.9. The second-order valence-corrected chi connectivity index (χ2v) is 10.1.